The van der Waals surface area contributed by atoms with Crippen molar-refractivity contribution < 1.29 is 19.1 Å². The first-order valence-corrected chi connectivity index (χ1v) is 8.09. The van der Waals surface area contributed by atoms with Gasteiger partial charge in [0.15, 0.2) is 0 Å². The van der Waals surface area contributed by atoms with Gasteiger partial charge < -0.3 is 14.4 Å². The highest BCUT2D eigenvalue weighted by atomic mass is 32.1. The van der Waals surface area contributed by atoms with Crippen molar-refractivity contribution in [2.45, 2.75) is 12.5 Å². The Morgan fingerprint density at radius 1 is 1.30 bits per heavy atom. The van der Waals surface area contributed by atoms with Gasteiger partial charge in [0.05, 0.1) is 24.8 Å². The van der Waals surface area contributed by atoms with Crippen molar-refractivity contribution in [3.63, 3.8) is 0 Å². The number of likely N-dealkylation sites (tertiary alicyclic amines) is 1. The molecule has 1 atom stereocenters. The number of carbonyl (C=O) groups is 2. The van der Waals surface area contributed by atoms with Gasteiger partial charge in [0.1, 0.15) is 6.10 Å². The maximum Gasteiger partial charge on any atom is 0.338 e. The van der Waals surface area contributed by atoms with Gasteiger partial charge in [-0.05, 0) is 12.1 Å². The molecule has 0 bridgehead atoms. The van der Waals surface area contributed by atoms with Crippen LogP contribution in [-0.4, -0.2) is 48.1 Å². The fourth-order valence-corrected chi connectivity index (χ4v) is 3.10. The molecule has 0 radical (unpaired) electrons. The molecule has 1 aromatic heterocycles. The summed E-state index contributed by atoms with van der Waals surface area (Å²) in [5.41, 5.74) is 0.638. The van der Waals surface area contributed by atoms with Crippen molar-refractivity contribution >= 4 is 23.2 Å². The van der Waals surface area contributed by atoms with Gasteiger partial charge in [0, 0.05) is 24.5 Å². The lowest BCUT2D eigenvalue weighted by molar-refractivity contribution is 0.0591. The molecule has 1 aromatic carbocycles. The molecular weight excluding hydrogens is 316 g/mol. The lowest BCUT2D eigenvalue weighted by Gasteiger charge is -2.18. The van der Waals surface area contributed by atoms with Crippen LogP contribution in [0.3, 0.4) is 0 Å². The van der Waals surface area contributed by atoms with Crippen LogP contribution in [0.15, 0.2) is 35.8 Å². The Balaban J connectivity index is 1.71. The largest absolute Gasteiger partial charge is 0.465 e. The first-order chi connectivity index (χ1) is 11.2. The topological polar surface area (TPSA) is 68.7 Å². The first-order valence-electron chi connectivity index (χ1n) is 7.22. The molecule has 1 saturated heterocycles. The summed E-state index contributed by atoms with van der Waals surface area (Å²) in [4.78, 5) is 30.3. The number of ether oxygens (including phenoxy) is 2. The van der Waals surface area contributed by atoms with Crippen molar-refractivity contribution in [1.82, 2.24) is 9.88 Å². The average molecular weight is 332 g/mol. The summed E-state index contributed by atoms with van der Waals surface area (Å²) in [5, 5.41) is 2.46. The number of methoxy groups -OCH3 is 1. The minimum Gasteiger partial charge on any atom is -0.465 e. The number of carbonyl (C=O) groups excluding carboxylic acids is 2. The minimum atomic E-state index is -0.510. The van der Waals surface area contributed by atoms with Crippen LogP contribution in [0.25, 0.3) is 0 Å². The number of nitrogens with zero attached hydrogens (tertiary/aromatic N) is 2. The maximum atomic E-state index is 12.7. The Kier molecular flexibility index (Phi) is 4.57. The van der Waals surface area contributed by atoms with Gasteiger partial charge >= 0.3 is 5.97 Å². The third-order valence-electron chi connectivity index (χ3n) is 3.67. The summed E-state index contributed by atoms with van der Waals surface area (Å²) in [6.07, 6.45) is 2.35. The molecule has 6 nitrogen and oxygen atoms in total. The van der Waals surface area contributed by atoms with Crippen LogP contribution in [0.1, 0.15) is 27.1 Å². The molecule has 7 heteroatoms. The fraction of sp³-hybridized carbons (Fsp3) is 0.312. The molecule has 0 aliphatic carbocycles. The fourth-order valence-electron chi connectivity index (χ4n) is 2.55. The van der Waals surface area contributed by atoms with Gasteiger partial charge in [0.25, 0.3) is 11.1 Å². The predicted octanol–water partition coefficient (Wildman–Crippen LogP) is 2.22. The first kappa shape index (κ1) is 15.5. The van der Waals surface area contributed by atoms with Crippen molar-refractivity contribution in [3.8, 4) is 5.19 Å². The van der Waals surface area contributed by atoms with E-state index in [1.165, 1.54) is 18.4 Å². The Morgan fingerprint density at radius 2 is 2.09 bits per heavy atom. The summed E-state index contributed by atoms with van der Waals surface area (Å²) in [6.45, 7) is 1.07. The van der Waals surface area contributed by atoms with Crippen molar-refractivity contribution in [2.24, 2.45) is 0 Å². The van der Waals surface area contributed by atoms with Crippen LogP contribution < -0.4 is 4.74 Å². The van der Waals surface area contributed by atoms with E-state index in [4.69, 9.17) is 9.47 Å². The van der Waals surface area contributed by atoms with E-state index in [9.17, 15) is 9.59 Å². The van der Waals surface area contributed by atoms with Crippen LogP contribution in [0, 0.1) is 0 Å². The molecule has 1 unspecified atom stereocenters. The molecule has 0 spiro atoms. The monoisotopic (exact) mass is 332 g/mol. The second-order valence-corrected chi connectivity index (χ2v) is 5.97. The zero-order valence-corrected chi connectivity index (χ0v) is 13.4. The second kappa shape index (κ2) is 6.78. The second-order valence-electron chi connectivity index (χ2n) is 5.11. The number of hydrogen-bond acceptors (Lipinski definition) is 6. The minimum absolute atomic E-state index is 0.0737. The van der Waals surface area contributed by atoms with E-state index in [0.29, 0.717) is 23.8 Å². The summed E-state index contributed by atoms with van der Waals surface area (Å²) in [6, 6.07) is 6.68. The van der Waals surface area contributed by atoms with Gasteiger partial charge in [-0.15, -0.1) is 0 Å². The molecule has 0 saturated carbocycles. The molecule has 120 valence electrons. The zero-order chi connectivity index (χ0) is 16.2. The zero-order valence-electron chi connectivity index (χ0n) is 12.6. The lowest BCUT2D eigenvalue weighted by atomic mass is 10.1. The molecule has 2 heterocycles. The Hall–Kier alpha value is -2.41. The van der Waals surface area contributed by atoms with Gasteiger partial charge in [0.2, 0.25) is 0 Å². The Labute approximate surface area is 137 Å². The van der Waals surface area contributed by atoms with Gasteiger partial charge in [-0.2, -0.15) is 0 Å². The van der Waals surface area contributed by atoms with E-state index in [1.807, 2.05) is 5.38 Å². The SMILES string of the molecule is COC(=O)c1ccccc1C(=O)N1CCC(Oc2nccs2)C1. The third kappa shape index (κ3) is 3.34. The number of benzene rings is 1. The predicted molar refractivity (Wildman–Crippen MR) is 84.8 cm³/mol. The number of amides is 1. The molecular formula is C16H16N2O4S. The van der Waals surface area contributed by atoms with Gasteiger partial charge in [-0.3, -0.25) is 4.79 Å². The van der Waals surface area contributed by atoms with Crippen LogP contribution >= 0.6 is 11.3 Å². The number of thiazole rings is 1. The molecule has 1 aliphatic heterocycles. The highest BCUT2D eigenvalue weighted by molar-refractivity contribution is 7.11. The summed E-state index contributed by atoms with van der Waals surface area (Å²) in [7, 11) is 1.30. The summed E-state index contributed by atoms with van der Waals surface area (Å²) in [5.74, 6) is -0.694. The van der Waals surface area contributed by atoms with E-state index in [-0.39, 0.29) is 17.6 Å². The molecule has 2 aromatic rings. The standard InChI is InChI=1S/C16H16N2O4S/c1-21-15(20)13-5-3-2-4-12(13)14(19)18-8-6-11(10-18)22-16-17-7-9-23-16/h2-5,7,9,11H,6,8,10H2,1H3. The average Bonchev–Trinajstić information content (AvgIpc) is 3.26. The van der Waals surface area contributed by atoms with E-state index in [2.05, 4.69) is 4.98 Å². The van der Waals surface area contributed by atoms with Crippen LogP contribution in [0.5, 0.6) is 5.19 Å². The molecule has 1 fully saturated rings. The number of hydrogen-bond donors (Lipinski definition) is 0. The highest BCUT2D eigenvalue weighted by Gasteiger charge is 2.30. The highest BCUT2D eigenvalue weighted by Crippen LogP contribution is 2.22. The molecule has 0 N–H and O–H groups in total. The van der Waals surface area contributed by atoms with Crippen molar-refractivity contribution in [3.05, 3.63) is 47.0 Å². The third-order valence-corrected chi connectivity index (χ3v) is 4.33. The lowest BCUT2D eigenvalue weighted by Crippen LogP contribution is -2.32. The maximum absolute atomic E-state index is 12.7. The molecule has 1 amide bonds. The van der Waals surface area contributed by atoms with Crippen LogP contribution in [0.4, 0.5) is 0 Å². The van der Waals surface area contributed by atoms with E-state index >= 15 is 0 Å². The molecule has 1 aliphatic rings. The quantitative estimate of drug-likeness (QED) is 0.803. The summed E-state index contributed by atoms with van der Waals surface area (Å²) < 4.78 is 10.5. The van der Waals surface area contributed by atoms with Crippen LogP contribution in [-0.2, 0) is 4.74 Å². The number of rotatable bonds is 4. The van der Waals surface area contributed by atoms with Gasteiger partial charge in [-0.25, -0.2) is 9.78 Å². The normalized spacial score (nSPS) is 17.1. The molecule has 3 rings (SSSR count). The van der Waals surface area contributed by atoms with Crippen molar-refractivity contribution in [2.75, 3.05) is 20.2 Å². The van der Waals surface area contributed by atoms with Gasteiger partial charge in [-0.1, -0.05) is 23.5 Å². The Morgan fingerprint density at radius 3 is 2.78 bits per heavy atom. The van der Waals surface area contributed by atoms with E-state index in [0.717, 1.165) is 6.42 Å². The van der Waals surface area contributed by atoms with Crippen molar-refractivity contribution in [1.29, 1.82) is 0 Å². The smallest absolute Gasteiger partial charge is 0.338 e. The number of esters is 1. The van der Waals surface area contributed by atoms with Crippen LogP contribution in [0.2, 0.25) is 0 Å². The van der Waals surface area contributed by atoms with E-state index < -0.39 is 5.97 Å². The summed E-state index contributed by atoms with van der Waals surface area (Å²) >= 11 is 1.43. The molecule has 23 heavy (non-hydrogen) atoms. The Bertz CT molecular complexity index is 702. The van der Waals surface area contributed by atoms with E-state index in [1.54, 1.807) is 35.4 Å². The number of aromatic nitrogens is 1.